The summed E-state index contributed by atoms with van der Waals surface area (Å²) in [5.41, 5.74) is 2.24. The normalized spacial score (nSPS) is 11.2. The van der Waals surface area contributed by atoms with Gasteiger partial charge in [-0.3, -0.25) is 4.79 Å². The number of carbonyl (C=O) groups is 1. The molecule has 0 atom stereocenters. The number of halogens is 1. The Labute approximate surface area is 158 Å². The molecule has 0 radical (unpaired) electrons. The van der Waals surface area contributed by atoms with Gasteiger partial charge in [0, 0.05) is 23.7 Å². The summed E-state index contributed by atoms with van der Waals surface area (Å²) in [5, 5.41) is 3.19. The number of amides is 1. The quantitative estimate of drug-likeness (QED) is 0.704. The molecule has 1 amide bonds. The molecule has 140 valence electrons. The topological polar surface area (TPSA) is 84.5 Å². The summed E-state index contributed by atoms with van der Waals surface area (Å²) in [7, 11) is -2.33. The fourth-order valence-electron chi connectivity index (χ4n) is 2.28. The Balaban J connectivity index is 1.97. The van der Waals surface area contributed by atoms with Gasteiger partial charge in [-0.1, -0.05) is 11.6 Å². The van der Waals surface area contributed by atoms with E-state index in [1.807, 2.05) is 13.8 Å². The second-order valence-corrected chi connectivity index (χ2v) is 7.92. The molecule has 2 aromatic rings. The molecule has 0 saturated heterocycles. The van der Waals surface area contributed by atoms with Crippen molar-refractivity contribution in [2.45, 2.75) is 18.7 Å². The maximum absolute atomic E-state index is 12.5. The van der Waals surface area contributed by atoms with E-state index < -0.39 is 10.0 Å². The number of benzene rings is 2. The second kappa shape index (κ2) is 8.53. The molecule has 6 nitrogen and oxygen atoms in total. The average Bonchev–Trinajstić information content (AvgIpc) is 2.61. The first-order valence-corrected chi connectivity index (χ1v) is 9.79. The third kappa shape index (κ3) is 4.97. The van der Waals surface area contributed by atoms with Gasteiger partial charge in [-0.25, -0.2) is 13.1 Å². The summed E-state index contributed by atoms with van der Waals surface area (Å²) >= 11 is 5.78. The minimum absolute atomic E-state index is 0.0533. The first kappa shape index (κ1) is 20.2. The van der Waals surface area contributed by atoms with E-state index in [0.29, 0.717) is 10.6 Å². The Morgan fingerprint density at radius 1 is 1.08 bits per heavy atom. The van der Waals surface area contributed by atoms with Crippen LogP contribution in [0.1, 0.15) is 21.5 Å². The summed E-state index contributed by atoms with van der Waals surface area (Å²) in [6.07, 6.45) is 0. The predicted molar refractivity (Wildman–Crippen MR) is 101 cm³/mol. The van der Waals surface area contributed by atoms with Crippen LogP contribution in [-0.2, 0) is 10.0 Å². The van der Waals surface area contributed by atoms with Crippen molar-refractivity contribution in [1.29, 1.82) is 0 Å². The van der Waals surface area contributed by atoms with Gasteiger partial charge in [0.1, 0.15) is 10.6 Å². The number of nitrogens with one attached hydrogen (secondary N) is 2. The zero-order chi connectivity index (χ0) is 19.3. The summed E-state index contributed by atoms with van der Waals surface area (Å²) < 4.78 is 32.7. The number of hydrogen-bond donors (Lipinski definition) is 2. The van der Waals surface area contributed by atoms with Crippen molar-refractivity contribution in [3.63, 3.8) is 0 Å². The Bertz CT molecular complexity index is 896. The molecule has 0 heterocycles. The van der Waals surface area contributed by atoms with Crippen molar-refractivity contribution in [2.24, 2.45) is 0 Å². The largest absolute Gasteiger partial charge is 0.495 e. The van der Waals surface area contributed by atoms with Crippen molar-refractivity contribution >= 4 is 27.5 Å². The minimum Gasteiger partial charge on any atom is -0.495 e. The number of carbonyl (C=O) groups excluding carboxylic acids is 1. The molecular formula is C18H21ClN2O4S. The lowest BCUT2D eigenvalue weighted by molar-refractivity contribution is 0.0954. The summed E-state index contributed by atoms with van der Waals surface area (Å²) in [6.45, 7) is 3.92. The monoisotopic (exact) mass is 396 g/mol. The molecule has 0 spiro atoms. The Morgan fingerprint density at radius 2 is 1.69 bits per heavy atom. The molecule has 8 heteroatoms. The smallest absolute Gasteiger partial charge is 0.251 e. The van der Waals surface area contributed by atoms with E-state index in [1.165, 1.54) is 7.11 Å². The van der Waals surface area contributed by atoms with Crippen LogP contribution in [0.3, 0.4) is 0 Å². The van der Waals surface area contributed by atoms with Crippen molar-refractivity contribution < 1.29 is 17.9 Å². The van der Waals surface area contributed by atoms with Crippen molar-refractivity contribution in [1.82, 2.24) is 10.0 Å². The molecule has 0 aromatic heterocycles. The Kier molecular flexibility index (Phi) is 6.63. The molecule has 0 saturated carbocycles. The molecule has 0 aliphatic heterocycles. The highest BCUT2D eigenvalue weighted by atomic mass is 35.5. The molecule has 2 N–H and O–H groups in total. The fraction of sp³-hybridized carbons (Fsp3) is 0.278. The van der Waals surface area contributed by atoms with E-state index in [2.05, 4.69) is 10.0 Å². The van der Waals surface area contributed by atoms with Gasteiger partial charge in [-0.15, -0.1) is 0 Å². The molecule has 0 aliphatic carbocycles. The third-order valence-electron chi connectivity index (χ3n) is 3.88. The molecule has 26 heavy (non-hydrogen) atoms. The third-order valence-corrected chi connectivity index (χ3v) is 5.61. The number of sulfonamides is 1. The predicted octanol–water partition coefficient (Wildman–Crippen LogP) is 2.67. The van der Waals surface area contributed by atoms with Crippen LogP contribution >= 0.6 is 11.6 Å². The van der Waals surface area contributed by atoms with Crippen LogP contribution in [-0.4, -0.2) is 34.5 Å². The van der Waals surface area contributed by atoms with Gasteiger partial charge in [0.15, 0.2) is 0 Å². The van der Waals surface area contributed by atoms with E-state index in [4.69, 9.17) is 16.3 Å². The zero-order valence-electron chi connectivity index (χ0n) is 14.8. The highest BCUT2D eigenvalue weighted by Gasteiger charge is 2.20. The number of aryl methyl sites for hydroxylation is 2. The number of rotatable bonds is 7. The molecule has 0 aliphatic rings. The van der Waals surface area contributed by atoms with Crippen LogP contribution in [0, 0.1) is 13.8 Å². The van der Waals surface area contributed by atoms with Gasteiger partial charge in [0.25, 0.3) is 5.91 Å². The van der Waals surface area contributed by atoms with Gasteiger partial charge in [0.2, 0.25) is 10.0 Å². The SMILES string of the molecule is COc1cc(C)c(C)cc1S(=O)(=O)NCCNC(=O)c1ccc(Cl)cc1. The number of ether oxygens (including phenoxy) is 1. The van der Waals surface area contributed by atoms with E-state index in [-0.39, 0.29) is 29.6 Å². The van der Waals surface area contributed by atoms with Gasteiger partial charge in [-0.2, -0.15) is 0 Å². The lowest BCUT2D eigenvalue weighted by Crippen LogP contribution is -2.34. The molecule has 0 unspecified atom stereocenters. The number of hydrogen-bond acceptors (Lipinski definition) is 4. The van der Waals surface area contributed by atoms with E-state index in [1.54, 1.807) is 36.4 Å². The average molecular weight is 397 g/mol. The molecule has 2 aromatic carbocycles. The first-order valence-electron chi connectivity index (χ1n) is 7.93. The second-order valence-electron chi connectivity index (χ2n) is 5.75. The van der Waals surface area contributed by atoms with Crippen LogP contribution in [0.5, 0.6) is 5.75 Å². The lowest BCUT2D eigenvalue weighted by Gasteiger charge is -2.13. The lowest BCUT2D eigenvalue weighted by atomic mass is 10.1. The highest BCUT2D eigenvalue weighted by molar-refractivity contribution is 7.89. The minimum atomic E-state index is -3.75. The van der Waals surface area contributed by atoms with Crippen molar-refractivity contribution in [3.05, 3.63) is 58.1 Å². The standard InChI is InChI=1S/C18H21ClN2O4S/c1-12-10-16(25-3)17(11-13(12)2)26(23,24)21-9-8-20-18(22)14-4-6-15(19)7-5-14/h4-7,10-11,21H,8-9H2,1-3H3,(H,20,22). The Hall–Kier alpha value is -2.09. The van der Waals surface area contributed by atoms with Crippen molar-refractivity contribution in [3.8, 4) is 5.75 Å². The molecule has 0 fully saturated rings. The summed E-state index contributed by atoms with van der Waals surface area (Å²) in [4.78, 5) is 12.1. The van der Waals surface area contributed by atoms with Gasteiger partial charge in [0.05, 0.1) is 7.11 Å². The molecule has 0 bridgehead atoms. The van der Waals surface area contributed by atoms with Gasteiger partial charge < -0.3 is 10.1 Å². The van der Waals surface area contributed by atoms with E-state index in [0.717, 1.165) is 11.1 Å². The highest BCUT2D eigenvalue weighted by Crippen LogP contribution is 2.27. The zero-order valence-corrected chi connectivity index (χ0v) is 16.4. The van der Waals surface area contributed by atoms with Crippen LogP contribution in [0.25, 0.3) is 0 Å². The Morgan fingerprint density at radius 3 is 2.31 bits per heavy atom. The first-order chi connectivity index (χ1) is 12.2. The van der Waals surface area contributed by atoms with Gasteiger partial charge >= 0.3 is 0 Å². The number of methoxy groups -OCH3 is 1. The van der Waals surface area contributed by atoms with E-state index >= 15 is 0 Å². The molecule has 2 rings (SSSR count). The maximum atomic E-state index is 12.5. The fourth-order valence-corrected chi connectivity index (χ4v) is 3.67. The van der Waals surface area contributed by atoms with E-state index in [9.17, 15) is 13.2 Å². The van der Waals surface area contributed by atoms with Crippen molar-refractivity contribution in [2.75, 3.05) is 20.2 Å². The van der Waals surface area contributed by atoms with Crippen LogP contribution < -0.4 is 14.8 Å². The van der Waals surface area contributed by atoms with Crippen LogP contribution in [0.2, 0.25) is 5.02 Å². The maximum Gasteiger partial charge on any atom is 0.251 e. The summed E-state index contributed by atoms with van der Waals surface area (Å²) in [5.74, 6) is -0.0181. The van der Waals surface area contributed by atoms with Crippen LogP contribution in [0.15, 0.2) is 41.3 Å². The summed E-state index contributed by atoms with van der Waals surface area (Å²) in [6, 6.07) is 9.69. The van der Waals surface area contributed by atoms with Crippen LogP contribution in [0.4, 0.5) is 0 Å². The molecular weight excluding hydrogens is 376 g/mol. The van der Waals surface area contributed by atoms with Gasteiger partial charge in [-0.05, 0) is 61.4 Å².